The van der Waals surface area contributed by atoms with E-state index in [0.717, 1.165) is 36.2 Å². The van der Waals surface area contributed by atoms with Gasteiger partial charge < -0.3 is 19.9 Å². The quantitative estimate of drug-likeness (QED) is 0.324. The number of amides is 2. The normalized spacial score (nSPS) is 19.0. The second-order valence-electron chi connectivity index (χ2n) is 9.22. The van der Waals surface area contributed by atoms with Crippen LogP contribution in [0.2, 0.25) is 0 Å². The predicted molar refractivity (Wildman–Crippen MR) is 151 cm³/mol. The molecule has 2 aliphatic heterocycles. The summed E-state index contributed by atoms with van der Waals surface area (Å²) < 4.78 is 9.39. The van der Waals surface area contributed by atoms with Crippen molar-refractivity contribution in [1.82, 2.24) is 19.8 Å². The van der Waals surface area contributed by atoms with Crippen LogP contribution in [-0.2, 0) is 20.9 Å². The van der Waals surface area contributed by atoms with Crippen molar-refractivity contribution in [2.75, 3.05) is 39.0 Å². The van der Waals surface area contributed by atoms with Crippen molar-refractivity contribution in [2.45, 2.75) is 44.4 Å². The number of carbonyl (C=O) groups excluding carboxylic acids is 2. The summed E-state index contributed by atoms with van der Waals surface area (Å²) in [6.45, 7) is 3.11. The molecule has 9 nitrogen and oxygen atoms in total. The smallest absolute Gasteiger partial charge is 0.288 e. The topological polar surface area (TPSA) is 110 Å². The van der Waals surface area contributed by atoms with Gasteiger partial charge in [-0.15, -0.1) is 11.3 Å². The van der Waals surface area contributed by atoms with Crippen molar-refractivity contribution < 1.29 is 14.3 Å². The average Bonchev–Trinajstić information content (AvgIpc) is 3.66. The van der Waals surface area contributed by atoms with Crippen LogP contribution in [0.1, 0.15) is 47.8 Å². The fraction of sp³-hybridized carbons (Fsp3) is 0.481. The molecule has 3 heterocycles. The van der Waals surface area contributed by atoms with E-state index < -0.39 is 6.04 Å². The first-order valence-electron chi connectivity index (χ1n) is 12.9. The zero-order valence-electron chi connectivity index (χ0n) is 21.6. The first-order chi connectivity index (χ1) is 18.6. The third kappa shape index (κ3) is 7.49. The van der Waals surface area contributed by atoms with Crippen LogP contribution in [0.4, 0.5) is 0 Å². The number of piperazine rings is 1. The summed E-state index contributed by atoms with van der Waals surface area (Å²) in [5.41, 5.74) is 1.48. The number of nitriles is 1. The third-order valence-electron chi connectivity index (χ3n) is 6.63. The first kappa shape index (κ1) is 28.0. The standard InChI is InChI=1S/C27H34N6O3S2/c1-37-31-11-4-2-3-10-25(34)33-13-12-32(19-23(33)26(35)29-17-22-9-6-14-38-22)27-30-18-24(36-27)21-8-5-7-20(15-21)16-28/h5-9,14-15,23-24,31H,2-4,10-13,17-19H2,1H3,(H,29,35)/t23-,24?/m0/s1. The largest absolute Gasteiger partial charge is 0.455 e. The predicted octanol–water partition coefficient (Wildman–Crippen LogP) is 3.30. The number of benzene rings is 1. The third-order valence-corrected chi connectivity index (χ3v) is 8.00. The van der Waals surface area contributed by atoms with E-state index in [2.05, 4.69) is 21.1 Å². The summed E-state index contributed by atoms with van der Waals surface area (Å²) >= 11 is 3.19. The number of aliphatic imine (C=N–C) groups is 1. The highest BCUT2D eigenvalue weighted by atomic mass is 32.2. The van der Waals surface area contributed by atoms with Gasteiger partial charge in [-0.05, 0) is 48.2 Å². The van der Waals surface area contributed by atoms with Gasteiger partial charge in [0.25, 0.3) is 6.02 Å². The lowest BCUT2D eigenvalue weighted by molar-refractivity contribution is -0.143. The molecular weight excluding hydrogens is 520 g/mol. The second kappa shape index (κ2) is 14.2. The van der Waals surface area contributed by atoms with Gasteiger partial charge in [0, 0.05) is 30.9 Å². The summed E-state index contributed by atoms with van der Waals surface area (Å²) in [5, 5.41) is 14.2. The molecule has 1 aromatic heterocycles. The molecule has 0 aliphatic carbocycles. The molecule has 0 radical (unpaired) electrons. The number of hydrogen-bond donors (Lipinski definition) is 2. The molecule has 11 heteroatoms. The molecule has 0 saturated carbocycles. The van der Waals surface area contributed by atoms with Crippen LogP contribution in [0.5, 0.6) is 0 Å². The lowest BCUT2D eigenvalue weighted by atomic mass is 10.1. The molecule has 2 amide bonds. The number of amidine groups is 1. The van der Waals surface area contributed by atoms with E-state index in [4.69, 9.17) is 4.74 Å². The van der Waals surface area contributed by atoms with E-state index >= 15 is 0 Å². The summed E-state index contributed by atoms with van der Waals surface area (Å²) in [6, 6.07) is 13.3. The molecule has 2 aliphatic rings. The first-order valence-corrected chi connectivity index (χ1v) is 15.0. The van der Waals surface area contributed by atoms with E-state index in [0.29, 0.717) is 50.7 Å². The molecular formula is C27H34N6O3S2. The molecule has 2 aromatic rings. The van der Waals surface area contributed by atoms with Crippen molar-refractivity contribution in [3.05, 3.63) is 57.8 Å². The van der Waals surface area contributed by atoms with Crippen LogP contribution in [0.3, 0.4) is 0 Å². The van der Waals surface area contributed by atoms with Crippen molar-refractivity contribution in [3.8, 4) is 6.07 Å². The minimum absolute atomic E-state index is 0.0132. The molecule has 1 fully saturated rings. The summed E-state index contributed by atoms with van der Waals surface area (Å²) in [5.74, 6) is -0.156. The molecule has 2 N–H and O–H groups in total. The highest BCUT2D eigenvalue weighted by molar-refractivity contribution is 7.96. The number of nitrogens with one attached hydrogen (secondary N) is 2. The zero-order chi connectivity index (χ0) is 26.7. The number of carbonyl (C=O) groups is 2. The average molecular weight is 555 g/mol. The Balaban J connectivity index is 1.38. The monoisotopic (exact) mass is 554 g/mol. The maximum atomic E-state index is 13.3. The molecule has 38 heavy (non-hydrogen) atoms. The summed E-state index contributed by atoms with van der Waals surface area (Å²) in [7, 11) is 0. The Morgan fingerprint density at radius 1 is 1.24 bits per heavy atom. The molecule has 0 bridgehead atoms. The van der Waals surface area contributed by atoms with Crippen LogP contribution in [-0.4, -0.2) is 72.7 Å². The Hall–Kier alpha value is -3.07. The van der Waals surface area contributed by atoms with Gasteiger partial charge in [0.1, 0.15) is 12.1 Å². The van der Waals surface area contributed by atoms with Crippen molar-refractivity contribution >= 4 is 41.1 Å². The van der Waals surface area contributed by atoms with Gasteiger partial charge in [-0.2, -0.15) is 5.26 Å². The van der Waals surface area contributed by atoms with E-state index in [1.807, 2.05) is 46.9 Å². The Morgan fingerprint density at radius 2 is 2.13 bits per heavy atom. The zero-order valence-corrected chi connectivity index (χ0v) is 23.2. The Labute approximate surface area is 232 Å². The number of thiophene rings is 1. The van der Waals surface area contributed by atoms with Crippen LogP contribution < -0.4 is 10.0 Å². The number of rotatable bonds is 11. The number of ether oxygens (including phenoxy) is 1. The van der Waals surface area contributed by atoms with E-state index in [1.165, 1.54) is 0 Å². The van der Waals surface area contributed by atoms with E-state index in [1.54, 1.807) is 34.3 Å². The Morgan fingerprint density at radius 3 is 2.92 bits per heavy atom. The molecule has 0 spiro atoms. The van der Waals surface area contributed by atoms with Gasteiger partial charge in [0.2, 0.25) is 11.8 Å². The van der Waals surface area contributed by atoms with Crippen LogP contribution >= 0.6 is 23.3 Å². The minimum atomic E-state index is -0.623. The molecule has 1 aromatic carbocycles. The van der Waals surface area contributed by atoms with Gasteiger partial charge >= 0.3 is 0 Å². The van der Waals surface area contributed by atoms with Gasteiger partial charge in [0.15, 0.2) is 0 Å². The molecule has 1 unspecified atom stereocenters. The van der Waals surface area contributed by atoms with Gasteiger partial charge in [-0.1, -0.05) is 36.6 Å². The summed E-state index contributed by atoms with van der Waals surface area (Å²) in [4.78, 5) is 35.9. The molecule has 2 atom stereocenters. The maximum Gasteiger partial charge on any atom is 0.288 e. The lowest BCUT2D eigenvalue weighted by Gasteiger charge is -2.41. The van der Waals surface area contributed by atoms with Gasteiger partial charge in [-0.25, -0.2) is 4.99 Å². The highest BCUT2D eigenvalue weighted by Crippen LogP contribution is 2.26. The van der Waals surface area contributed by atoms with Gasteiger partial charge in [-0.3, -0.25) is 14.3 Å². The van der Waals surface area contributed by atoms with E-state index in [9.17, 15) is 14.9 Å². The van der Waals surface area contributed by atoms with Crippen LogP contribution in [0, 0.1) is 11.3 Å². The Kier molecular flexibility index (Phi) is 10.4. The number of unbranched alkanes of at least 4 members (excludes halogenated alkanes) is 2. The van der Waals surface area contributed by atoms with Gasteiger partial charge in [0.05, 0.1) is 31.3 Å². The Bertz CT molecular complexity index is 1150. The second-order valence-corrected chi connectivity index (χ2v) is 11.0. The fourth-order valence-electron chi connectivity index (χ4n) is 4.60. The van der Waals surface area contributed by atoms with Crippen molar-refractivity contribution in [2.24, 2.45) is 4.99 Å². The number of nitrogens with zero attached hydrogens (tertiary/aromatic N) is 4. The summed E-state index contributed by atoms with van der Waals surface area (Å²) in [6.07, 6.45) is 4.95. The molecule has 1 saturated heterocycles. The molecule has 202 valence electrons. The van der Waals surface area contributed by atoms with Crippen molar-refractivity contribution in [1.29, 1.82) is 5.26 Å². The number of hydrogen-bond acceptors (Lipinski definition) is 9. The van der Waals surface area contributed by atoms with Crippen LogP contribution in [0.15, 0.2) is 46.8 Å². The van der Waals surface area contributed by atoms with Crippen molar-refractivity contribution in [3.63, 3.8) is 0 Å². The SMILES string of the molecule is CSNCCCCCC(=O)N1CCN(C2=NCC(c3cccc(C#N)c3)O2)C[C@H]1C(=O)NCc1cccs1. The highest BCUT2D eigenvalue weighted by Gasteiger charge is 2.38. The lowest BCUT2D eigenvalue weighted by Crippen LogP contribution is -2.61. The van der Waals surface area contributed by atoms with Crippen LogP contribution in [0.25, 0.3) is 0 Å². The fourth-order valence-corrected chi connectivity index (χ4v) is 5.59. The molecule has 4 rings (SSSR count). The minimum Gasteiger partial charge on any atom is -0.455 e. The van der Waals surface area contributed by atoms with E-state index in [-0.39, 0.29) is 17.9 Å². The maximum absolute atomic E-state index is 13.3.